The molecule has 0 aliphatic heterocycles. The summed E-state index contributed by atoms with van der Waals surface area (Å²) in [6.07, 6.45) is 3.53. The van der Waals surface area contributed by atoms with Crippen LogP contribution < -0.4 is 10.1 Å². The molecule has 0 bridgehead atoms. The van der Waals surface area contributed by atoms with Crippen molar-refractivity contribution in [3.63, 3.8) is 0 Å². The number of carbonyl (C=O) groups excluding carboxylic acids is 1. The molecular formula is C14H18ClNO2. The van der Waals surface area contributed by atoms with Crippen LogP contribution >= 0.6 is 11.6 Å². The molecule has 3 nitrogen and oxygen atoms in total. The molecule has 1 N–H and O–H groups in total. The number of hydrogen-bond donors (Lipinski definition) is 1. The Morgan fingerprint density at radius 3 is 2.94 bits per heavy atom. The zero-order valence-electron chi connectivity index (χ0n) is 10.5. The van der Waals surface area contributed by atoms with Crippen molar-refractivity contribution in [3.05, 3.63) is 28.8 Å². The summed E-state index contributed by atoms with van der Waals surface area (Å²) in [5, 5.41) is 3.67. The average molecular weight is 268 g/mol. The van der Waals surface area contributed by atoms with E-state index < -0.39 is 0 Å². The molecule has 1 aliphatic rings. The number of ether oxygens (including phenoxy) is 1. The van der Waals surface area contributed by atoms with Gasteiger partial charge >= 0.3 is 0 Å². The van der Waals surface area contributed by atoms with Crippen LogP contribution in [0.2, 0.25) is 5.02 Å². The number of hydrogen-bond acceptors (Lipinski definition) is 2. The molecule has 1 aliphatic carbocycles. The van der Waals surface area contributed by atoms with Crippen LogP contribution in [0.4, 0.5) is 0 Å². The van der Waals surface area contributed by atoms with E-state index in [0.717, 1.165) is 30.6 Å². The summed E-state index contributed by atoms with van der Waals surface area (Å²) in [6, 6.07) is 5.99. The molecule has 0 aromatic heterocycles. The quantitative estimate of drug-likeness (QED) is 0.805. The van der Waals surface area contributed by atoms with Gasteiger partial charge in [-0.05, 0) is 49.9 Å². The summed E-state index contributed by atoms with van der Waals surface area (Å²) >= 11 is 5.87. The van der Waals surface area contributed by atoms with Crippen LogP contribution in [0.15, 0.2) is 18.2 Å². The minimum atomic E-state index is 0.133. The number of rotatable bonds is 6. The lowest BCUT2D eigenvalue weighted by molar-refractivity contribution is -0.121. The second-order valence-electron chi connectivity index (χ2n) is 4.70. The zero-order chi connectivity index (χ0) is 13.0. The van der Waals surface area contributed by atoms with Gasteiger partial charge in [0.05, 0.1) is 6.61 Å². The van der Waals surface area contributed by atoms with Gasteiger partial charge in [-0.15, -0.1) is 0 Å². The normalized spacial score (nSPS) is 14.3. The maximum atomic E-state index is 11.4. The van der Waals surface area contributed by atoms with E-state index in [-0.39, 0.29) is 5.91 Å². The molecular weight excluding hydrogens is 250 g/mol. The molecule has 0 heterocycles. The largest absolute Gasteiger partial charge is 0.493 e. The van der Waals surface area contributed by atoms with Gasteiger partial charge in [0.2, 0.25) is 5.91 Å². The standard InChI is InChI=1S/C14H18ClNO2/c1-10-9-11(15)4-7-13(10)18-8-2-3-14(17)16-12-5-6-12/h4,7,9,12H,2-3,5-6,8H2,1H3,(H,16,17). The van der Waals surface area contributed by atoms with Gasteiger partial charge in [-0.3, -0.25) is 4.79 Å². The first kappa shape index (κ1) is 13.2. The molecule has 1 aromatic carbocycles. The van der Waals surface area contributed by atoms with Gasteiger partial charge in [0, 0.05) is 17.5 Å². The fourth-order valence-corrected chi connectivity index (χ4v) is 1.94. The Labute approximate surface area is 112 Å². The summed E-state index contributed by atoms with van der Waals surface area (Å²) in [7, 11) is 0. The van der Waals surface area contributed by atoms with Crippen LogP contribution in [0.1, 0.15) is 31.2 Å². The highest BCUT2D eigenvalue weighted by Gasteiger charge is 2.22. The Balaban J connectivity index is 1.66. The van der Waals surface area contributed by atoms with Crippen LogP contribution in [0.25, 0.3) is 0 Å². The smallest absolute Gasteiger partial charge is 0.220 e. The van der Waals surface area contributed by atoms with Gasteiger partial charge in [0.1, 0.15) is 5.75 Å². The van der Waals surface area contributed by atoms with Gasteiger partial charge in [0.25, 0.3) is 0 Å². The minimum Gasteiger partial charge on any atom is -0.493 e. The highest BCUT2D eigenvalue weighted by Crippen LogP contribution is 2.22. The molecule has 0 saturated heterocycles. The number of aryl methyl sites for hydroxylation is 1. The summed E-state index contributed by atoms with van der Waals surface area (Å²) in [6.45, 7) is 2.52. The fourth-order valence-electron chi connectivity index (χ4n) is 1.72. The maximum Gasteiger partial charge on any atom is 0.220 e. The lowest BCUT2D eigenvalue weighted by Crippen LogP contribution is -2.25. The van der Waals surface area contributed by atoms with Crippen molar-refractivity contribution >= 4 is 17.5 Å². The third-order valence-corrected chi connectivity index (χ3v) is 3.12. The van der Waals surface area contributed by atoms with E-state index in [2.05, 4.69) is 5.32 Å². The van der Waals surface area contributed by atoms with Crippen molar-refractivity contribution in [1.82, 2.24) is 5.32 Å². The SMILES string of the molecule is Cc1cc(Cl)ccc1OCCCC(=O)NC1CC1. The van der Waals surface area contributed by atoms with E-state index in [0.29, 0.717) is 24.1 Å². The first-order chi connectivity index (χ1) is 8.65. The van der Waals surface area contributed by atoms with E-state index in [4.69, 9.17) is 16.3 Å². The van der Waals surface area contributed by atoms with Crippen molar-refractivity contribution in [3.8, 4) is 5.75 Å². The lowest BCUT2D eigenvalue weighted by atomic mass is 10.2. The zero-order valence-corrected chi connectivity index (χ0v) is 11.3. The Hall–Kier alpha value is -1.22. The molecule has 4 heteroatoms. The number of carbonyl (C=O) groups is 1. The van der Waals surface area contributed by atoms with Crippen LogP contribution in [-0.4, -0.2) is 18.6 Å². The minimum absolute atomic E-state index is 0.133. The number of nitrogens with one attached hydrogen (secondary N) is 1. The fraction of sp³-hybridized carbons (Fsp3) is 0.500. The van der Waals surface area contributed by atoms with Crippen molar-refractivity contribution in [2.75, 3.05) is 6.61 Å². The Morgan fingerprint density at radius 1 is 1.50 bits per heavy atom. The molecule has 0 atom stereocenters. The molecule has 2 rings (SSSR count). The molecule has 98 valence electrons. The monoisotopic (exact) mass is 267 g/mol. The van der Waals surface area contributed by atoms with Crippen LogP contribution in [0, 0.1) is 6.92 Å². The first-order valence-electron chi connectivity index (χ1n) is 6.33. The van der Waals surface area contributed by atoms with Gasteiger partial charge < -0.3 is 10.1 Å². The number of amides is 1. The average Bonchev–Trinajstić information content (AvgIpc) is 3.10. The highest BCUT2D eigenvalue weighted by atomic mass is 35.5. The van der Waals surface area contributed by atoms with Crippen molar-refractivity contribution < 1.29 is 9.53 Å². The van der Waals surface area contributed by atoms with Gasteiger partial charge in [-0.2, -0.15) is 0 Å². The number of halogens is 1. The topological polar surface area (TPSA) is 38.3 Å². The Morgan fingerprint density at radius 2 is 2.28 bits per heavy atom. The molecule has 1 aromatic rings. The van der Waals surface area contributed by atoms with Crippen molar-refractivity contribution in [2.24, 2.45) is 0 Å². The predicted octanol–water partition coefficient (Wildman–Crippen LogP) is 3.09. The van der Waals surface area contributed by atoms with Crippen molar-refractivity contribution in [2.45, 2.75) is 38.6 Å². The first-order valence-corrected chi connectivity index (χ1v) is 6.71. The maximum absolute atomic E-state index is 11.4. The third kappa shape index (κ3) is 4.22. The third-order valence-electron chi connectivity index (χ3n) is 2.89. The number of benzene rings is 1. The summed E-state index contributed by atoms with van der Waals surface area (Å²) in [4.78, 5) is 11.4. The predicted molar refractivity (Wildman–Crippen MR) is 72.1 cm³/mol. The molecule has 1 amide bonds. The van der Waals surface area contributed by atoms with E-state index >= 15 is 0 Å². The highest BCUT2D eigenvalue weighted by molar-refractivity contribution is 6.30. The molecule has 1 fully saturated rings. The van der Waals surface area contributed by atoms with E-state index in [1.807, 2.05) is 25.1 Å². The van der Waals surface area contributed by atoms with Gasteiger partial charge in [-0.1, -0.05) is 11.6 Å². The van der Waals surface area contributed by atoms with Gasteiger partial charge in [-0.25, -0.2) is 0 Å². The second kappa shape index (κ2) is 6.10. The van der Waals surface area contributed by atoms with Crippen molar-refractivity contribution in [1.29, 1.82) is 0 Å². The molecule has 0 spiro atoms. The van der Waals surface area contributed by atoms with Crippen LogP contribution in [-0.2, 0) is 4.79 Å². The molecule has 1 saturated carbocycles. The summed E-state index contributed by atoms with van der Waals surface area (Å²) < 4.78 is 5.62. The van der Waals surface area contributed by atoms with E-state index in [9.17, 15) is 4.79 Å². The van der Waals surface area contributed by atoms with Crippen LogP contribution in [0.5, 0.6) is 5.75 Å². The second-order valence-corrected chi connectivity index (χ2v) is 5.14. The van der Waals surface area contributed by atoms with E-state index in [1.165, 1.54) is 0 Å². The summed E-state index contributed by atoms with van der Waals surface area (Å²) in [5.74, 6) is 0.968. The van der Waals surface area contributed by atoms with Gasteiger partial charge in [0.15, 0.2) is 0 Å². The summed E-state index contributed by atoms with van der Waals surface area (Å²) in [5.41, 5.74) is 1.02. The lowest BCUT2D eigenvalue weighted by Gasteiger charge is -2.09. The Kier molecular flexibility index (Phi) is 4.48. The molecule has 18 heavy (non-hydrogen) atoms. The molecule has 0 radical (unpaired) electrons. The Bertz CT molecular complexity index is 430. The van der Waals surface area contributed by atoms with Crippen LogP contribution in [0.3, 0.4) is 0 Å². The van der Waals surface area contributed by atoms with E-state index in [1.54, 1.807) is 0 Å². The molecule has 0 unspecified atom stereocenters.